The van der Waals surface area contributed by atoms with E-state index in [1.165, 1.54) is 0 Å². The first-order valence-corrected chi connectivity index (χ1v) is 6.90. The van der Waals surface area contributed by atoms with Crippen molar-refractivity contribution in [3.8, 4) is 18.1 Å². The van der Waals surface area contributed by atoms with Gasteiger partial charge in [0, 0.05) is 18.2 Å². The average Bonchev–Trinajstić information content (AvgIpc) is 2.45. The molecule has 0 heterocycles. The quantitative estimate of drug-likeness (QED) is 0.706. The van der Waals surface area contributed by atoms with E-state index in [1.807, 2.05) is 31.2 Å². The first-order valence-electron chi connectivity index (χ1n) is 6.90. The van der Waals surface area contributed by atoms with E-state index in [-0.39, 0.29) is 12.1 Å². The zero-order chi connectivity index (χ0) is 14.1. The summed E-state index contributed by atoms with van der Waals surface area (Å²) in [4.78, 5) is 0. The van der Waals surface area contributed by atoms with Crippen molar-refractivity contribution in [2.45, 2.75) is 38.8 Å². The molecule has 0 spiro atoms. The molecule has 2 atom stereocenters. The van der Waals surface area contributed by atoms with Gasteiger partial charge in [-0.1, -0.05) is 37.5 Å². The van der Waals surface area contributed by atoms with Crippen LogP contribution in [0, 0.1) is 12.3 Å². The highest BCUT2D eigenvalue weighted by Gasteiger charge is 2.17. The van der Waals surface area contributed by atoms with Crippen LogP contribution in [0.3, 0.4) is 0 Å². The molecule has 0 fully saturated rings. The van der Waals surface area contributed by atoms with Gasteiger partial charge in [0.25, 0.3) is 0 Å². The molecule has 2 unspecified atom stereocenters. The molecule has 0 bridgehead atoms. The fourth-order valence-corrected chi connectivity index (χ4v) is 2.09. The largest absolute Gasteiger partial charge is 0.494 e. The Morgan fingerprint density at radius 2 is 2.11 bits per heavy atom. The van der Waals surface area contributed by atoms with E-state index in [0.717, 1.165) is 24.2 Å². The normalized spacial score (nSPS) is 13.6. The minimum Gasteiger partial charge on any atom is -0.494 e. The molecule has 19 heavy (non-hydrogen) atoms. The molecule has 0 aliphatic rings. The second-order valence-corrected chi connectivity index (χ2v) is 4.43. The van der Waals surface area contributed by atoms with Crippen LogP contribution in [0.1, 0.15) is 38.3 Å². The third-order valence-corrected chi connectivity index (χ3v) is 3.01. The summed E-state index contributed by atoms with van der Waals surface area (Å²) in [6.45, 7) is 5.23. The van der Waals surface area contributed by atoms with E-state index in [4.69, 9.17) is 16.9 Å². The van der Waals surface area contributed by atoms with Crippen LogP contribution in [0.15, 0.2) is 24.3 Å². The Bertz CT molecular complexity index is 411. The predicted octanol–water partition coefficient (Wildman–Crippen LogP) is 2.48. The molecule has 3 heteroatoms. The van der Waals surface area contributed by atoms with Crippen molar-refractivity contribution in [2.24, 2.45) is 5.73 Å². The molecule has 0 amide bonds. The van der Waals surface area contributed by atoms with Crippen LogP contribution in [-0.4, -0.2) is 19.2 Å². The highest BCUT2D eigenvalue weighted by Crippen LogP contribution is 2.25. The topological polar surface area (TPSA) is 47.3 Å². The van der Waals surface area contributed by atoms with Crippen LogP contribution in [0.2, 0.25) is 0 Å². The van der Waals surface area contributed by atoms with Crippen LogP contribution < -0.4 is 15.8 Å². The lowest BCUT2D eigenvalue weighted by atomic mass is 10.0. The van der Waals surface area contributed by atoms with Crippen LogP contribution in [0.5, 0.6) is 5.75 Å². The van der Waals surface area contributed by atoms with Gasteiger partial charge in [0.05, 0.1) is 12.6 Å². The van der Waals surface area contributed by atoms with Gasteiger partial charge in [0.1, 0.15) is 5.75 Å². The second-order valence-electron chi connectivity index (χ2n) is 4.43. The summed E-state index contributed by atoms with van der Waals surface area (Å²) in [5.41, 5.74) is 6.95. The molecular formula is C16H24N2O. The number of para-hydroxylation sites is 1. The fourth-order valence-electron chi connectivity index (χ4n) is 2.09. The smallest absolute Gasteiger partial charge is 0.124 e. The van der Waals surface area contributed by atoms with Crippen molar-refractivity contribution in [2.75, 3.05) is 13.2 Å². The number of hydrogen-bond acceptors (Lipinski definition) is 3. The Morgan fingerprint density at radius 3 is 2.68 bits per heavy atom. The number of nitrogens with two attached hydrogens (primary N) is 1. The molecule has 3 nitrogen and oxygen atoms in total. The number of rotatable bonds is 8. The molecule has 1 rings (SSSR count). The molecule has 1 aromatic carbocycles. The highest BCUT2D eigenvalue weighted by atomic mass is 16.5. The molecule has 0 saturated heterocycles. The Balaban J connectivity index is 2.87. The van der Waals surface area contributed by atoms with Gasteiger partial charge in [-0.2, -0.15) is 0 Å². The van der Waals surface area contributed by atoms with Crippen molar-refractivity contribution in [3.05, 3.63) is 29.8 Å². The van der Waals surface area contributed by atoms with Crippen molar-refractivity contribution in [3.63, 3.8) is 0 Å². The van der Waals surface area contributed by atoms with E-state index in [0.29, 0.717) is 13.2 Å². The monoisotopic (exact) mass is 260 g/mol. The molecule has 0 aliphatic heterocycles. The van der Waals surface area contributed by atoms with Crippen molar-refractivity contribution >= 4 is 0 Å². The zero-order valence-corrected chi connectivity index (χ0v) is 11.9. The highest BCUT2D eigenvalue weighted by molar-refractivity contribution is 5.36. The van der Waals surface area contributed by atoms with Gasteiger partial charge in [0.2, 0.25) is 0 Å². The maximum absolute atomic E-state index is 5.88. The molecule has 1 aromatic rings. The maximum atomic E-state index is 5.88. The Morgan fingerprint density at radius 1 is 1.37 bits per heavy atom. The number of ether oxygens (including phenoxy) is 1. The minimum absolute atomic E-state index is 0.0235. The summed E-state index contributed by atoms with van der Waals surface area (Å²) >= 11 is 0. The number of terminal acetylenes is 1. The molecule has 0 saturated carbocycles. The molecule has 104 valence electrons. The zero-order valence-electron chi connectivity index (χ0n) is 11.9. The van der Waals surface area contributed by atoms with Gasteiger partial charge in [-0.15, -0.1) is 6.42 Å². The molecule has 0 aliphatic carbocycles. The second kappa shape index (κ2) is 8.58. The van der Waals surface area contributed by atoms with Crippen molar-refractivity contribution < 1.29 is 4.74 Å². The molecule has 0 radical (unpaired) electrons. The maximum Gasteiger partial charge on any atom is 0.124 e. The summed E-state index contributed by atoms with van der Waals surface area (Å²) in [7, 11) is 0. The first-order chi connectivity index (χ1) is 9.26. The van der Waals surface area contributed by atoms with E-state index in [2.05, 4.69) is 18.2 Å². The lowest BCUT2D eigenvalue weighted by molar-refractivity contribution is 0.330. The van der Waals surface area contributed by atoms with Gasteiger partial charge in [-0.05, 0) is 19.4 Å². The number of hydrogen-bond donors (Lipinski definition) is 2. The Hall–Kier alpha value is -1.50. The SMILES string of the molecule is C#CC(CCC)NC(CN)c1ccccc1OCC. The summed E-state index contributed by atoms with van der Waals surface area (Å²) in [6, 6.07) is 8.03. The van der Waals surface area contributed by atoms with Gasteiger partial charge < -0.3 is 10.5 Å². The molecule has 0 aromatic heterocycles. The van der Waals surface area contributed by atoms with E-state index in [9.17, 15) is 0 Å². The molecular weight excluding hydrogens is 236 g/mol. The average molecular weight is 260 g/mol. The van der Waals surface area contributed by atoms with Gasteiger partial charge in [-0.25, -0.2) is 0 Å². The lowest BCUT2D eigenvalue weighted by Gasteiger charge is -2.23. The summed E-state index contributed by atoms with van der Waals surface area (Å²) in [6.07, 6.45) is 7.55. The third-order valence-electron chi connectivity index (χ3n) is 3.01. The third kappa shape index (κ3) is 4.59. The van der Waals surface area contributed by atoms with Gasteiger partial charge in [-0.3, -0.25) is 5.32 Å². The number of benzene rings is 1. The first kappa shape index (κ1) is 15.6. The van der Waals surface area contributed by atoms with Crippen LogP contribution in [0.4, 0.5) is 0 Å². The number of nitrogens with one attached hydrogen (secondary N) is 1. The predicted molar refractivity (Wildman–Crippen MR) is 80.1 cm³/mol. The fraction of sp³-hybridized carbons (Fsp3) is 0.500. The standard InChI is InChI=1S/C16H24N2O/c1-4-9-13(5-2)18-15(12-17)14-10-7-8-11-16(14)19-6-3/h2,7-8,10-11,13,15,18H,4,6,9,12,17H2,1,3H3. The Labute approximate surface area is 116 Å². The lowest BCUT2D eigenvalue weighted by Crippen LogP contribution is -2.36. The van der Waals surface area contributed by atoms with Crippen LogP contribution >= 0.6 is 0 Å². The van der Waals surface area contributed by atoms with E-state index in [1.54, 1.807) is 0 Å². The van der Waals surface area contributed by atoms with Gasteiger partial charge >= 0.3 is 0 Å². The van der Waals surface area contributed by atoms with E-state index >= 15 is 0 Å². The molecule has 3 N–H and O–H groups in total. The van der Waals surface area contributed by atoms with Gasteiger partial charge in [0.15, 0.2) is 0 Å². The summed E-state index contributed by atoms with van der Waals surface area (Å²) < 4.78 is 5.65. The Kier molecular flexibility index (Phi) is 7.02. The van der Waals surface area contributed by atoms with E-state index < -0.39 is 0 Å². The summed E-state index contributed by atoms with van der Waals surface area (Å²) in [5.74, 6) is 3.66. The minimum atomic E-state index is 0.0235. The van der Waals surface area contributed by atoms with Crippen LogP contribution in [-0.2, 0) is 0 Å². The van der Waals surface area contributed by atoms with Crippen LogP contribution in [0.25, 0.3) is 0 Å². The van der Waals surface area contributed by atoms with Crippen molar-refractivity contribution in [1.82, 2.24) is 5.32 Å². The summed E-state index contributed by atoms with van der Waals surface area (Å²) in [5, 5.41) is 3.43. The van der Waals surface area contributed by atoms with Crippen molar-refractivity contribution in [1.29, 1.82) is 0 Å².